The highest BCUT2D eigenvalue weighted by atomic mass is 32.2. The van der Waals surface area contributed by atoms with Crippen molar-refractivity contribution in [2.24, 2.45) is 0 Å². The summed E-state index contributed by atoms with van der Waals surface area (Å²) in [6, 6.07) is 0. The molecule has 1 rings (SSSR count). The molecule has 0 aliphatic carbocycles. The second-order valence-corrected chi connectivity index (χ2v) is 11.2. The zero-order valence-corrected chi connectivity index (χ0v) is 18.1. The van der Waals surface area contributed by atoms with Gasteiger partial charge in [-0.15, -0.1) is 11.8 Å². The lowest BCUT2D eigenvalue weighted by Gasteiger charge is -2.27. The van der Waals surface area contributed by atoms with Crippen LogP contribution in [0, 0.1) is 0 Å². The average Bonchev–Trinajstić information content (AvgIpc) is 2.94. The van der Waals surface area contributed by atoms with E-state index in [2.05, 4.69) is 13.8 Å². The van der Waals surface area contributed by atoms with Crippen molar-refractivity contribution in [1.29, 1.82) is 0 Å². The lowest BCUT2D eigenvalue weighted by atomic mass is 10.0. The van der Waals surface area contributed by atoms with E-state index in [1.165, 1.54) is 103 Å². The Morgan fingerprint density at radius 3 is 1.50 bits per heavy atom. The van der Waals surface area contributed by atoms with Gasteiger partial charge >= 0.3 is 0 Å². The topological polar surface area (TPSA) is 17.1 Å². The molecule has 0 aromatic carbocycles. The number of rotatable bonds is 16. The Labute approximate surface area is 159 Å². The summed E-state index contributed by atoms with van der Waals surface area (Å²) < 4.78 is 12.7. The molecule has 1 aliphatic heterocycles. The van der Waals surface area contributed by atoms with Crippen LogP contribution in [0.15, 0.2) is 0 Å². The molecule has 0 spiro atoms. The Morgan fingerprint density at radius 2 is 1.12 bits per heavy atom. The Hall–Kier alpha value is 0.500. The summed E-state index contributed by atoms with van der Waals surface area (Å²) in [6.07, 6.45) is 21.5. The smallest absolute Gasteiger partial charge is 0.0909 e. The van der Waals surface area contributed by atoms with Crippen LogP contribution in [-0.4, -0.2) is 19.8 Å². The first-order valence-electron chi connectivity index (χ1n) is 10.8. The predicted octanol–water partition coefficient (Wildman–Crippen LogP) is 7.46. The maximum absolute atomic E-state index is 12.6. The second kappa shape index (κ2) is 14.6. The summed E-state index contributed by atoms with van der Waals surface area (Å²) in [4.78, 5) is 0. The van der Waals surface area contributed by atoms with Gasteiger partial charge in [0.05, 0.1) is 4.08 Å². The van der Waals surface area contributed by atoms with Crippen LogP contribution >= 0.6 is 11.8 Å². The van der Waals surface area contributed by atoms with Crippen LogP contribution in [0.4, 0.5) is 0 Å². The SMILES string of the molecule is CCCCCCCCCC1(CCCCCCCCC)SCCS1=O. The minimum atomic E-state index is -0.577. The highest BCUT2D eigenvalue weighted by Crippen LogP contribution is 2.44. The van der Waals surface area contributed by atoms with Gasteiger partial charge in [0.2, 0.25) is 0 Å². The zero-order valence-electron chi connectivity index (χ0n) is 16.5. The lowest BCUT2D eigenvalue weighted by Crippen LogP contribution is -2.27. The predicted molar refractivity (Wildman–Crippen MR) is 113 cm³/mol. The molecule has 24 heavy (non-hydrogen) atoms. The quantitative estimate of drug-likeness (QED) is 0.261. The second-order valence-electron chi connectivity index (χ2n) is 7.55. The molecule has 0 N–H and O–H groups in total. The average molecular weight is 375 g/mol. The van der Waals surface area contributed by atoms with Crippen molar-refractivity contribution in [2.75, 3.05) is 11.5 Å². The summed E-state index contributed by atoms with van der Waals surface area (Å²) in [5, 5.41) is 0. The highest BCUT2D eigenvalue weighted by molar-refractivity contribution is 8.15. The van der Waals surface area contributed by atoms with E-state index in [1.54, 1.807) is 0 Å². The van der Waals surface area contributed by atoms with Crippen LogP contribution in [0.25, 0.3) is 0 Å². The fourth-order valence-corrected chi connectivity index (χ4v) is 7.78. The Kier molecular flexibility index (Phi) is 13.8. The van der Waals surface area contributed by atoms with Gasteiger partial charge < -0.3 is 0 Å². The first-order valence-corrected chi connectivity index (χ1v) is 13.1. The number of hydrogen-bond donors (Lipinski definition) is 0. The number of thioether (sulfide) groups is 1. The molecule has 3 heteroatoms. The summed E-state index contributed by atoms with van der Waals surface area (Å²) in [5.74, 6) is 2.07. The number of hydrogen-bond acceptors (Lipinski definition) is 2. The van der Waals surface area contributed by atoms with Crippen LogP contribution in [0.5, 0.6) is 0 Å². The van der Waals surface area contributed by atoms with Crippen molar-refractivity contribution in [3.8, 4) is 0 Å². The minimum absolute atomic E-state index is 0.132. The van der Waals surface area contributed by atoms with Gasteiger partial charge in [0.15, 0.2) is 0 Å². The third kappa shape index (κ3) is 9.27. The molecule has 1 heterocycles. The highest BCUT2D eigenvalue weighted by Gasteiger charge is 2.40. The van der Waals surface area contributed by atoms with Crippen LogP contribution in [0.3, 0.4) is 0 Å². The van der Waals surface area contributed by atoms with Crippen LogP contribution in [0.1, 0.15) is 117 Å². The first-order chi connectivity index (χ1) is 11.7. The molecule has 0 amide bonds. The molecule has 0 aromatic heterocycles. The van der Waals surface area contributed by atoms with E-state index in [0.29, 0.717) is 0 Å². The van der Waals surface area contributed by atoms with Gasteiger partial charge in [-0.1, -0.05) is 104 Å². The van der Waals surface area contributed by atoms with E-state index in [4.69, 9.17) is 0 Å². The first kappa shape index (κ1) is 22.5. The third-order valence-corrected chi connectivity index (χ3v) is 9.70. The van der Waals surface area contributed by atoms with Crippen molar-refractivity contribution >= 4 is 22.6 Å². The van der Waals surface area contributed by atoms with Crippen molar-refractivity contribution < 1.29 is 4.21 Å². The van der Waals surface area contributed by atoms with E-state index >= 15 is 0 Å². The van der Waals surface area contributed by atoms with Crippen LogP contribution < -0.4 is 0 Å². The van der Waals surface area contributed by atoms with E-state index in [-0.39, 0.29) is 4.08 Å². The van der Waals surface area contributed by atoms with E-state index in [9.17, 15) is 4.21 Å². The molecule has 0 saturated carbocycles. The van der Waals surface area contributed by atoms with Gasteiger partial charge in [-0.2, -0.15) is 0 Å². The van der Waals surface area contributed by atoms with E-state index in [0.717, 1.165) is 11.5 Å². The molecule has 0 bridgehead atoms. The molecule has 144 valence electrons. The Bertz CT molecular complexity index is 299. The van der Waals surface area contributed by atoms with Crippen molar-refractivity contribution in [3.05, 3.63) is 0 Å². The van der Waals surface area contributed by atoms with Gasteiger partial charge in [-0.05, 0) is 12.8 Å². The van der Waals surface area contributed by atoms with E-state index in [1.807, 2.05) is 11.8 Å². The minimum Gasteiger partial charge on any atom is -0.258 e. The maximum atomic E-state index is 12.6. The van der Waals surface area contributed by atoms with E-state index < -0.39 is 10.8 Å². The van der Waals surface area contributed by atoms with Crippen molar-refractivity contribution in [3.63, 3.8) is 0 Å². The summed E-state index contributed by atoms with van der Waals surface area (Å²) in [6.45, 7) is 4.56. The molecule has 1 nitrogen and oxygen atoms in total. The monoisotopic (exact) mass is 374 g/mol. The Balaban J connectivity index is 2.17. The van der Waals surface area contributed by atoms with Gasteiger partial charge in [-0.3, -0.25) is 4.21 Å². The molecule has 1 fully saturated rings. The standard InChI is InChI=1S/C21H42OS2/c1-3-5-7-9-11-13-15-17-21(23-19-20-24(21)22)18-16-14-12-10-8-6-4-2/h3-20H2,1-2H3. The molecule has 1 aliphatic rings. The molecule has 1 atom stereocenters. The van der Waals surface area contributed by atoms with Gasteiger partial charge in [-0.25, -0.2) is 0 Å². The van der Waals surface area contributed by atoms with Crippen molar-refractivity contribution in [1.82, 2.24) is 0 Å². The number of unbranched alkanes of at least 4 members (excludes halogenated alkanes) is 12. The molecule has 1 unspecified atom stereocenters. The van der Waals surface area contributed by atoms with Crippen molar-refractivity contribution in [2.45, 2.75) is 121 Å². The third-order valence-electron chi connectivity index (χ3n) is 5.37. The van der Waals surface area contributed by atoms with Gasteiger partial charge in [0.1, 0.15) is 0 Å². The molecule has 1 saturated heterocycles. The van der Waals surface area contributed by atoms with Crippen LogP contribution in [-0.2, 0) is 10.8 Å². The summed E-state index contributed by atoms with van der Waals surface area (Å²) >= 11 is 2.04. The molecule has 0 aromatic rings. The zero-order chi connectivity index (χ0) is 17.5. The molecule has 0 radical (unpaired) electrons. The Morgan fingerprint density at radius 1 is 0.708 bits per heavy atom. The largest absolute Gasteiger partial charge is 0.258 e. The van der Waals surface area contributed by atoms with Gasteiger partial charge in [0.25, 0.3) is 0 Å². The van der Waals surface area contributed by atoms with Crippen LogP contribution in [0.2, 0.25) is 0 Å². The normalized spacial score (nSPS) is 19.8. The van der Waals surface area contributed by atoms with Gasteiger partial charge in [0, 0.05) is 22.3 Å². The fraction of sp³-hybridized carbons (Fsp3) is 1.00. The molecular formula is C21H42OS2. The summed E-state index contributed by atoms with van der Waals surface area (Å²) in [7, 11) is -0.577. The fourth-order valence-electron chi connectivity index (χ4n) is 3.75. The maximum Gasteiger partial charge on any atom is 0.0909 e. The lowest BCUT2D eigenvalue weighted by molar-refractivity contribution is 0.513. The molecular weight excluding hydrogens is 332 g/mol. The summed E-state index contributed by atoms with van der Waals surface area (Å²) in [5.41, 5.74) is 0.